The molecular formula is C15H18FN3O. The lowest BCUT2D eigenvalue weighted by molar-refractivity contribution is 0.243. The molecule has 106 valence electrons. The topological polar surface area (TPSA) is 58.7 Å². The second-order valence-corrected chi connectivity index (χ2v) is 5.83. The molecule has 4 nitrogen and oxygen atoms in total. The van der Waals surface area contributed by atoms with Crippen molar-refractivity contribution in [1.29, 1.82) is 0 Å². The number of anilines is 1. The fourth-order valence-corrected chi connectivity index (χ4v) is 3.49. The Kier molecular flexibility index (Phi) is 3.00. The van der Waals surface area contributed by atoms with Crippen LogP contribution in [-0.4, -0.2) is 17.4 Å². The van der Waals surface area contributed by atoms with Crippen LogP contribution >= 0.6 is 0 Å². The molecule has 1 fully saturated rings. The van der Waals surface area contributed by atoms with Crippen LogP contribution in [0.15, 0.2) is 29.3 Å². The van der Waals surface area contributed by atoms with Gasteiger partial charge in [-0.2, -0.15) is 4.99 Å². The van der Waals surface area contributed by atoms with E-state index in [4.69, 9.17) is 5.73 Å². The molecule has 2 aliphatic rings. The van der Waals surface area contributed by atoms with Gasteiger partial charge >= 0.3 is 6.03 Å². The Labute approximate surface area is 117 Å². The van der Waals surface area contributed by atoms with Crippen molar-refractivity contribution in [3.05, 3.63) is 30.1 Å². The number of halogens is 1. The Morgan fingerprint density at radius 1 is 1.50 bits per heavy atom. The molecule has 1 aliphatic heterocycles. The molecule has 3 rings (SSSR count). The molecule has 0 aromatic heterocycles. The van der Waals surface area contributed by atoms with Crippen molar-refractivity contribution >= 4 is 17.6 Å². The van der Waals surface area contributed by atoms with Gasteiger partial charge in [-0.15, -0.1) is 0 Å². The molecule has 20 heavy (non-hydrogen) atoms. The number of carbonyl (C=O) groups is 1. The smallest absolute Gasteiger partial charge is 0.350 e. The summed E-state index contributed by atoms with van der Waals surface area (Å²) in [6.07, 6.45) is 3.69. The number of nitrogens with two attached hydrogens (primary N) is 1. The zero-order chi connectivity index (χ0) is 14.3. The largest absolute Gasteiger partial charge is 0.385 e. The third-order valence-electron chi connectivity index (χ3n) is 4.35. The molecule has 0 radical (unpaired) electrons. The van der Waals surface area contributed by atoms with Gasteiger partial charge in [0.25, 0.3) is 0 Å². The minimum absolute atomic E-state index is 0.361. The lowest BCUT2D eigenvalue weighted by atomic mass is 9.75. The average molecular weight is 275 g/mol. The van der Waals surface area contributed by atoms with E-state index >= 15 is 0 Å². The van der Waals surface area contributed by atoms with Crippen LogP contribution < -0.4 is 10.6 Å². The molecule has 2 amide bonds. The Balaban J connectivity index is 2.06. The monoisotopic (exact) mass is 275 g/mol. The molecular weight excluding hydrogens is 257 g/mol. The van der Waals surface area contributed by atoms with E-state index in [0.717, 1.165) is 25.7 Å². The van der Waals surface area contributed by atoms with E-state index in [0.29, 0.717) is 17.4 Å². The van der Waals surface area contributed by atoms with Gasteiger partial charge in [0, 0.05) is 5.69 Å². The molecule has 1 saturated carbocycles. The van der Waals surface area contributed by atoms with Crippen molar-refractivity contribution in [2.24, 2.45) is 16.6 Å². The number of benzene rings is 1. The first kappa shape index (κ1) is 13.1. The molecule has 1 aromatic rings. The minimum atomic E-state index is -0.567. The number of nitrogens with zero attached hydrogens (tertiary/aromatic N) is 2. The van der Waals surface area contributed by atoms with Crippen molar-refractivity contribution in [3.8, 4) is 0 Å². The first-order valence-corrected chi connectivity index (χ1v) is 6.97. The van der Waals surface area contributed by atoms with Gasteiger partial charge < -0.3 is 5.73 Å². The van der Waals surface area contributed by atoms with Gasteiger partial charge in [0.2, 0.25) is 0 Å². The molecule has 1 aliphatic carbocycles. The van der Waals surface area contributed by atoms with E-state index in [2.05, 4.69) is 11.9 Å². The van der Waals surface area contributed by atoms with Gasteiger partial charge in [0.15, 0.2) is 0 Å². The summed E-state index contributed by atoms with van der Waals surface area (Å²) in [6.45, 7) is 2.15. The van der Waals surface area contributed by atoms with Gasteiger partial charge in [-0.1, -0.05) is 25.8 Å². The predicted molar refractivity (Wildman–Crippen MR) is 76.3 cm³/mol. The number of aliphatic imine (C=N–C) groups is 1. The Morgan fingerprint density at radius 3 is 3.00 bits per heavy atom. The summed E-state index contributed by atoms with van der Waals surface area (Å²) in [5, 5.41) is 0. The van der Waals surface area contributed by atoms with Crippen molar-refractivity contribution < 1.29 is 9.18 Å². The molecule has 1 spiro atoms. The highest BCUT2D eigenvalue weighted by atomic mass is 19.1. The maximum Gasteiger partial charge on any atom is 0.350 e. The van der Waals surface area contributed by atoms with E-state index in [-0.39, 0.29) is 11.8 Å². The third kappa shape index (κ3) is 1.88. The van der Waals surface area contributed by atoms with Crippen molar-refractivity contribution in [1.82, 2.24) is 0 Å². The molecule has 0 saturated heterocycles. The van der Waals surface area contributed by atoms with Crippen LogP contribution in [0.5, 0.6) is 0 Å². The zero-order valence-corrected chi connectivity index (χ0v) is 11.5. The Hall–Kier alpha value is -1.91. The molecule has 2 atom stereocenters. The standard InChI is InChI=1S/C15H18FN3O/c1-10-4-3-7-15(9-10)13(17)18-14(20)19(15)12-6-2-5-11(16)8-12/h2,5-6,8,10H,3-4,7,9H2,1H3,(H2,17,18,20)/t10-,15-/m1/s1. The van der Waals surface area contributed by atoms with Crippen LogP contribution in [0.1, 0.15) is 32.6 Å². The van der Waals surface area contributed by atoms with E-state index in [1.807, 2.05) is 0 Å². The Morgan fingerprint density at radius 2 is 2.30 bits per heavy atom. The summed E-state index contributed by atoms with van der Waals surface area (Å²) < 4.78 is 13.5. The Bertz CT molecular complexity index is 586. The number of carbonyl (C=O) groups excluding carboxylic acids is 1. The molecule has 1 heterocycles. The van der Waals surface area contributed by atoms with E-state index in [1.54, 1.807) is 17.0 Å². The fourth-order valence-electron chi connectivity index (χ4n) is 3.49. The quantitative estimate of drug-likeness (QED) is 0.856. The van der Waals surface area contributed by atoms with Crippen molar-refractivity contribution in [2.45, 2.75) is 38.1 Å². The first-order chi connectivity index (χ1) is 9.53. The lowest BCUT2D eigenvalue weighted by Gasteiger charge is -2.43. The first-order valence-electron chi connectivity index (χ1n) is 6.97. The highest BCUT2D eigenvalue weighted by Crippen LogP contribution is 2.42. The second-order valence-electron chi connectivity index (χ2n) is 5.83. The lowest BCUT2D eigenvalue weighted by Crippen LogP contribution is -2.56. The minimum Gasteiger partial charge on any atom is -0.385 e. The third-order valence-corrected chi connectivity index (χ3v) is 4.35. The van der Waals surface area contributed by atoms with Crippen LogP contribution in [0.2, 0.25) is 0 Å². The highest BCUT2D eigenvalue weighted by molar-refractivity contribution is 6.15. The number of urea groups is 1. The fraction of sp³-hybridized carbons (Fsp3) is 0.467. The second kappa shape index (κ2) is 4.58. The summed E-state index contributed by atoms with van der Waals surface area (Å²) in [5.41, 5.74) is 6.03. The van der Waals surface area contributed by atoms with Crippen molar-refractivity contribution in [2.75, 3.05) is 4.90 Å². The van der Waals surface area contributed by atoms with Crippen LogP contribution in [-0.2, 0) is 0 Å². The van der Waals surface area contributed by atoms with Crippen LogP contribution in [0.4, 0.5) is 14.9 Å². The normalized spacial score (nSPS) is 29.9. The van der Waals surface area contributed by atoms with Crippen molar-refractivity contribution in [3.63, 3.8) is 0 Å². The van der Waals surface area contributed by atoms with Gasteiger partial charge in [0.1, 0.15) is 17.2 Å². The predicted octanol–water partition coefficient (Wildman–Crippen LogP) is 3.07. The summed E-state index contributed by atoms with van der Waals surface area (Å²) in [6, 6.07) is 5.68. The zero-order valence-electron chi connectivity index (χ0n) is 11.5. The molecule has 1 aromatic carbocycles. The molecule has 0 bridgehead atoms. The molecule has 2 N–H and O–H groups in total. The summed E-state index contributed by atoms with van der Waals surface area (Å²) in [4.78, 5) is 17.7. The van der Waals surface area contributed by atoms with Gasteiger partial charge in [-0.3, -0.25) is 4.90 Å². The number of amidine groups is 1. The maximum absolute atomic E-state index is 13.5. The molecule has 0 unspecified atom stereocenters. The van der Waals surface area contributed by atoms with Gasteiger partial charge in [-0.05, 0) is 37.0 Å². The summed E-state index contributed by atoms with van der Waals surface area (Å²) >= 11 is 0. The summed E-state index contributed by atoms with van der Waals surface area (Å²) in [7, 11) is 0. The van der Waals surface area contributed by atoms with Gasteiger partial charge in [-0.25, -0.2) is 9.18 Å². The van der Waals surface area contributed by atoms with E-state index in [1.165, 1.54) is 12.1 Å². The number of rotatable bonds is 1. The number of hydrogen-bond donors (Lipinski definition) is 1. The number of hydrogen-bond acceptors (Lipinski definition) is 2. The van der Waals surface area contributed by atoms with Crippen LogP contribution in [0.3, 0.4) is 0 Å². The van der Waals surface area contributed by atoms with Gasteiger partial charge in [0.05, 0.1) is 0 Å². The number of amides is 2. The average Bonchev–Trinajstić information content (AvgIpc) is 2.60. The molecule has 5 heteroatoms. The van der Waals surface area contributed by atoms with E-state index in [9.17, 15) is 9.18 Å². The SMILES string of the molecule is C[C@@H]1CCC[C@@]2(C1)C(N)=NC(=O)N2c1cccc(F)c1. The van der Waals surface area contributed by atoms with Crippen LogP contribution in [0.25, 0.3) is 0 Å². The van der Waals surface area contributed by atoms with E-state index < -0.39 is 5.54 Å². The highest BCUT2D eigenvalue weighted by Gasteiger charge is 2.50. The maximum atomic E-state index is 13.5. The summed E-state index contributed by atoms with van der Waals surface area (Å²) in [5.74, 6) is 0.484. The van der Waals surface area contributed by atoms with Crippen LogP contribution in [0, 0.1) is 11.7 Å².